The van der Waals surface area contributed by atoms with Gasteiger partial charge >= 0.3 is 0 Å². The van der Waals surface area contributed by atoms with Crippen molar-refractivity contribution in [3.05, 3.63) is 78.9 Å². The first-order valence-electron chi connectivity index (χ1n) is 9.10. The van der Waals surface area contributed by atoms with Crippen LogP contribution in [-0.2, 0) is 14.8 Å². The Labute approximate surface area is 180 Å². The van der Waals surface area contributed by atoms with Gasteiger partial charge in [0, 0.05) is 4.90 Å². The van der Waals surface area contributed by atoms with E-state index in [0.717, 1.165) is 15.5 Å². The third-order valence-electron chi connectivity index (χ3n) is 4.17. The van der Waals surface area contributed by atoms with Gasteiger partial charge in [-0.2, -0.15) is 0 Å². The molecule has 3 aromatic rings. The van der Waals surface area contributed by atoms with E-state index in [1.54, 1.807) is 30.3 Å². The molecule has 0 bridgehead atoms. The monoisotopic (exact) mass is 442 g/mol. The Kier molecular flexibility index (Phi) is 7.02. The summed E-state index contributed by atoms with van der Waals surface area (Å²) >= 11 is 1.50. The van der Waals surface area contributed by atoms with Crippen molar-refractivity contribution in [3.8, 4) is 11.5 Å². The fourth-order valence-corrected chi connectivity index (χ4v) is 4.18. The number of benzene rings is 3. The Bertz CT molecular complexity index is 1100. The third-order valence-corrected chi connectivity index (χ3v) is 6.11. The lowest BCUT2D eigenvalue weighted by atomic mass is 10.3. The number of rotatable bonds is 8. The average Bonchev–Trinajstić information content (AvgIpc) is 2.73. The van der Waals surface area contributed by atoms with Gasteiger partial charge in [-0.15, -0.1) is 11.8 Å². The highest BCUT2D eigenvalue weighted by Crippen LogP contribution is 2.27. The van der Waals surface area contributed by atoms with Gasteiger partial charge in [0.1, 0.15) is 18.0 Å². The summed E-state index contributed by atoms with van der Waals surface area (Å²) in [6, 6.07) is 23.2. The minimum absolute atomic E-state index is 0.333. The number of nitrogens with one attached hydrogen (secondary N) is 1. The summed E-state index contributed by atoms with van der Waals surface area (Å²) in [6.07, 6.45) is 2.98. The van der Waals surface area contributed by atoms with E-state index in [1.807, 2.05) is 54.8 Å². The zero-order valence-electron chi connectivity index (χ0n) is 16.6. The van der Waals surface area contributed by atoms with Crippen LogP contribution in [0.1, 0.15) is 0 Å². The van der Waals surface area contributed by atoms with E-state index in [1.165, 1.54) is 11.8 Å². The van der Waals surface area contributed by atoms with Gasteiger partial charge in [0.15, 0.2) is 0 Å². The summed E-state index contributed by atoms with van der Waals surface area (Å²) in [4.78, 5) is 13.5. The highest BCUT2D eigenvalue weighted by molar-refractivity contribution is 7.98. The number of hydrogen-bond acceptors (Lipinski definition) is 5. The van der Waals surface area contributed by atoms with Crippen LogP contribution in [0.2, 0.25) is 0 Å². The van der Waals surface area contributed by atoms with Crippen LogP contribution in [0, 0.1) is 0 Å². The molecule has 0 atom stereocenters. The molecule has 0 heterocycles. The number of sulfonamides is 1. The predicted octanol–water partition coefficient (Wildman–Crippen LogP) is 4.61. The summed E-state index contributed by atoms with van der Waals surface area (Å²) in [7, 11) is -3.67. The van der Waals surface area contributed by atoms with E-state index in [0.29, 0.717) is 22.9 Å². The molecule has 0 spiro atoms. The van der Waals surface area contributed by atoms with Crippen LogP contribution in [0.25, 0.3) is 0 Å². The molecule has 0 fully saturated rings. The molecule has 0 radical (unpaired) electrons. The molecule has 3 aromatic carbocycles. The highest BCUT2D eigenvalue weighted by Gasteiger charge is 2.21. The first kappa shape index (κ1) is 21.7. The fraction of sp³-hybridized carbons (Fsp3) is 0.136. The zero-order chi connectivity index (χ0) is 21.6. The smallest absolute Gasteiger partial charge is 0.245 e. The predicted molar refractivity (Wildman–Crippen MR) is 122 cm³/mol. The molecule has 0 aliphatic rings. The lowest BCUT2D eigenvalue weighted by Crippen LogP contribution is -2.37. The Morgan fingerprint density at radius 2 is 1.53 bits per heavy atom. The average molecular weight is 443 g/mol. The Morgan fingerprint density at radius 3 is 2.17 bits per heavy atom. The lowest BCUT2D eigenvalue weighted by Gasteiger charge is -2.22. The molecule has 0 aliphatic carbocycles. The second kappa shape index (κ2) is 9.69. The number of ether oxygens (including phenoxy) is 1. The highest BCUT2D eigenvalue weighted by atomic mass is 32.2. The van der Waals surface area contributed by atoms with Gasteiger partial charge in [0.2, 0.25) is 15.9 Å². The van der Waals surface area contributed by atoms with Gasteiger partial charge in [-0.1, -0.05) is 30.3 Å². The van der Waals surface area contributed by atoms with E-state index < -0.39 is 15.9 Å². The molecular weight excluding hydrogens is 420 g/mol. The normalized spacial score (nSPS) is 11.0. The lowest BCUT2D eigenvalue weighted by molar-refractivity contribution is -0.114. The van der Waals surface area contributed by atoms with Crippen molar-refractivity contribution in [2.24, 2.45) is 0 Å². The minimum atomic E-state index is -3.67. The molecule has 0 saturated carbocycles. The van der Waals surface area contributed by atoms with Crippen LogP contribution < -0.4 is 14.4 Å². The van der Waals surface area contributed by atoms with Crippen LogP contribution in [0.3, 0.4) is 0 Å². The summed E-state index contributed by atoms with van der Waals surface area (Å²) in [5.74, 6) is 0.820. The number of carbonyl (C=O) groups excluding carboxylic acids is 1. The van der Waals surface area contributed by atoms with Gasteiger partial charge in [0.05, 0.1) is 17.6 Å². The maximum absolute atomic E-state index is 12.6. The number of anilines is 2. The largest absolute Gasteiger partial charge is 0.457 e. The SMILES string of the molecule is CSc1ccccc1NC(=O)CN(c1ccc(Oc2ccccc2)cc1)S(C)(=O)=O. The second-order valence-corrected chi connectivity index (χ2v) is 9.18. The fourth-order valence-electron chi connectivity index (χ4n) is 2.77. The molecule has 156 valence electrons. The molecule has 0 saturated heterocycles. The summed E-state index contributed by atoms with van der Waals surface area (Å²) in [5.41, 5.74) is 1.03. The summed E-state index contributed by atoms with van der Waals surface area (Å²) in [6.45, 7) is -0.333. The Balaban J connectivity index is 1.75. The third kappa shape index (κ3) is 5.77. The Morgan fingerprint density at radius 1 is 0.933 bits per heavy atom. The van der Waals surface area contributed by atoms with Crippen molar-refractivity contribution in [2.45, 2.75) is 4.90 Å². The van der Waals surface area contributed by atoms with Gasteiger partial charge in [-0.25, -0.2) is 8.42 Å². The van der Waals surface area contributed by atoms with Crippen molar-refractivity contribution in [1.82, 2.24) is 0 Å². The Hall–Kier alpha value is -2.97. The van der Waals surface area contributed by atoms with E-state index >= 15 is 0 Å². The molecule has 1 amide bonds. The van der Waals surface area contributed by atoms with Crippen LogP contribution in [0.5, 0.6) is 11.5 Å². The molecule has 0 aliphatic heterocycles. The topological polar surface area (TPSA) is 75.7 Å². The molecular formula is C22H22N2O4S2. The molecule has 6 nitrogen and oxygen atoms in total. The van der Waals surface area contributed by atoms with E-state index in [4.69, 9.17) is 4.74 Å². The quantitative estimate of drug-likeness (QED) is 0.516. The van der Waals surface area contributed by atoms with Crippen molar-refractivity contribution < 1.29 is 17.9 Å². The summed E-state index contributed by atoms with van der Waals surface area (Å²) < 4.78 is 31.5. The van der Waals surface area contributed by atoms with Gasteiger partial charge in [0.25, 0.3) is 0 Å². The number of hydrogen-bond donors (Lipinski definition) is 1. The maximum Gasteiger partial charge on any atom is 0.245 e. The van der Waals surface area contributed by atoms with Gasteiger partial charge < -0.3 is 10.1 Å². The number of carbonyl (C=O) groups is 1. The number of amides is 1. The molecule has 0 unspecified atom stereocenters. The standard InChI is InChI=1S/C22H22N2O4S2/c1-29-21-11-7-6-10-20(21)23-22(25)16-24(30(2,26)27)17-12-14-19(15-13-17)28-18-8-4-3-5-9-18/h3-15H,16H2,1-2H3,(H,23,25). The van der Waals surface area contributed by atoms with E-state index in [2.05, 4.69) is 5.32 Å². The van der Waals surface area contributed by atoms with Crippen LogP contribution in [-0.4, -0.2) is 33.4 Å². The molecule has 0 aromatic heterocycles. The van der Waals surface area contributed by atoms with Crippen molar-refractivity contribution in [3.63, 3.8) is 0 Å². The minimum Gasteiger partial charge on any atom is -0.457 e. The molecule has 30 heavy (non-hydrogen) atoms. The number of nitrogens with zero attached hydrogens (tertiary/aromatic N) is 1. The maximum atomic E-state index is 12.6. The van der Waals surface area contributed by atoms with Crippen molar-refractivity contribution in [2.75, 3.05) is 28.7 Å². The van der Waals surface area contributed by atoms with E-state index in [9.17, 15) is 13.2 Å². The van der Waals surface area contributed by atoms with Crippen molar-refractivity contribution in [1.29, 1.82) is 0 Å². The number of thioether (sulfide) groups is 1. The van der Waals surface area contributed by atoms with Gasteiger partial charge in [-0.3, -0.25) is 9.10 Å². The van der Waals surface area contributed by atoms with E-state index in [-0.39, 0.29) is 6.54 Å². The summed E-state index contributed by atoms with van der Waals surface area (Å²) in [5, 5.41) is 2.79. The van der Waals surface area contributed by atoms with Crippen LogP contribution >= 0.6 is 11.8 Å². The first-order chi connectivity index (χ1) is 14.4. The molecule has 1 N–H and O–H groups in total. The van der Waals surface area contributed by atoms with Crippen molar-refractivity contribution >= 4 is 39.1 Å². The zero-order valence-corrected chi connectivity index (χ0v) is 18.2. The van der Waals surface area contributed by atoms with Crippen LogP contribution in [0.4, 0.5) is 11.4 Å². The van der Waals surface area contributed by atoms with Crippen LogP contribution in [0.15, 0.2) is 83.8 Å². The molecule has 8 heteroatoms. The number of para-hydroxylation sites is 2. The molecule has 3 rings (SSSR count). The first-order valence-corrected chi connectivity index (χ1v) is 12.2. The van der Waals surface area contributed by atoms with Gasteiger partial charge in [-0.05, 0) is 54.8 Å². The second-order valence-electron chi connectivity index (χ2n) is 6.43.